The van der Waals surface area contributed by atoms with Crippen molar-refractivity contribution >= 4 is 17.2 Å². The lowest BCUT2D eigenvalue weighted by Gasteiger charge is -2.05. The minimum atomic E-state index is -0.00425. The van der Waals surface area contributed by atoms with E-state index in [4.69, 9.17) is 4.74 Å². The molecule has 1 N–H and O–H groups in total. The molecule has 3 rings (SSSR count). The van der Waals surface area contributed by atoms with E-state index in [2.05, 4.69) is 10.3 Å². The van der Waals surface area contributed by atoms with Crippen molar-refractivity contribution in [2.45, 2.75) is 32.1 Å². The van der Waals surface area contributed by atoms with Gasteiger partial charge in [-0.3, -0.25) is 4.79 Å². The molecular weight excluding hydrogens is 296 g/mol. The van der Waals surface area contributed by atoms with Crippen LogP contribution < -0.4 is 10.1 Å². The van der Waals surface area contributed by atoms with Crippen molar-refractivity contribution in [3.05, 3.63) is 45.4 Å². The number of hydrogen-bond donors (Lipinski definition) is 1. The normalized spacial score (nSPS) is 13.9. The number of nitrogens with one attached hydrogen (secondary N) is 1. The number of benzene rings is 1. The maximum Gasteiger partial charge on any atom is 0.263 e. The molecule has 1 aliphatic rings. The van der Waals surface area contributed by atoms with Crippen LogP contribution in [0, 0.1) is 6.92 Å². The zero-order valence-corrected chi connectivity index (χ0v) is 13.7. The van der Waals surface area contributed by atoms with E-state index in [-0.39, 0.29) is 5.91 Å². The summed E-state index contributed by atoms with van der Waals surface area (Å²) in [4.78, 5) is 17.5. The van der Waals surface area contributed by atoms with Crippen molar-refractivity contribution < 1.29 is 9.53 Å². The van der Waals surface area contributed by atoms with Crippen LogP contribution in [0.4, 0.5) is 0 Å². The van der Waals surface area contributed by atoms with Gasteiger partial charge < -0.3 is 10.1 Å². The van der Waals surface area contributed by atoms with E-state index >= 15 is 0 Å². The van der Waals surface area contributed by atoms with Crippen molar-refractivity contribution in [2.24, 2.45) is 0 Å². The van der Waals surface area contributed by atoms with Crippen LogP contribution in [-0.4, -0.2) is 24.5 Å². The summed E-state index contributed by atoms with van der Waals surface area (Å²) in [6.45, 7) is 2.54. The van der Waals surface area contributed by atoms with Crippen LogP contribution in [0.3, 0.4) is 0 Å². The van der Waals surface area contributed by atoms with Crippen molar-refractivity contribution in [3.63, 3.8) is 0 Å². The molecule has 0 atom stereocenters. The number of aryl methyl sites for hydroxylation is 1. The first-order valence-electron chi connectivity index (χ1n) is 7.56. The molecule has 4 nitrogen and oxygen atoms in total. The highest BCUT2D eigenvalue weighted by molar-refractivity contribution is 7.13. The summed E-state index contributed by atoms with van der Waals surface area (Å²) in [7, 11) is 1.66. The molecule has 0 bridgehead atoms. The molecular formula is C17H20N2O2S. The fourth-order valence-corrected chi connectivity index (χ4v) is 3.48. The number of methoxy groups -OCH3 is 1. The molecule has 1 aromatic carbocycles. The van der Waals surface area contributed by atoms with Gasteiger partial charge in [0.05, 0.1) is 17.8 Å². The highest BCUT2D eigenvalue weighted by Gasteiger charge is 2.28. The number of ether oxygens (including phenoxy) is 1. The minimum Gasteiger partial charge on any atom is -0.497 e. The van der Waals surface area contributed by atoms with Crippen LogP contribution in [-0.2, 0) is 6.42 Å². The number of carbonyl (C=O) groups is 1. The Morgan fingerprint density at radius 2 is 2.09 bits per heavy atom. The van der Waals surface area contributed by atoms with Gasteiger partial charge in [-0.2, -0.15) is 0 Å². The number of nitrogens with zero attached hydrogens (tertiary/aromatic N) is 1. The summed E-state index contributed by atoms with van der Waals surface area (Å²) in [6, 6.07) is 7.92. The third kappa shape index (κ3) is 3.47. The molecule has 0 aliphatic heterocycles. The maximum atomic E-state index is 12.3. The Bertz CT molecular complexity index is 660. The first-order chi connectivity index (χ1) is 10.7. The molecule has 1 aromatic heterocycles. The van der Waals surface area contributed by atoms with Crippen LogP contribution >= 0.6 is 11.3 Å². The Balaban J connectivity index is 1.53. The Hall–Kier alpha value is -1.88. The fraction of sp³-hybridized carbons (Fsp3) is 0.412. The average molecular weight is 316 g/mol. The van der Waals surface area contributed by atoms with Gasteiger partial charge in [-0.25, -0.2) is 4.98 Å². The van der Waals surface area contributed by atoms with Crippen molar-refractivity contribution in [2.75, 3.05) is 13.7 Å². The monoisotopic (exact) mass is 316 g/mol. The van der Waals surface area contributed by atoms with Crippen molar-refractivity contribution in [3.8, 4) is 5.75 Å². The Morgan fingerprint density at radius 3 is 2.73 bits per heavy atom. The van der Waals surface area contributed by atoms with Gasteiger partial charge in [-0.1, -0.05) is 12.1 Å². The molecule has 0 unspecified atom stereocenters. The van der Waals surface area contributed by atoms with E-state index in [1.54, 1.807) is 18.4 Å². The van der Waals surface area contributed by atoms with E-state index in [0.717, 1.165) is 27.7 Å². The molecule has 0 saturated heterocycles. The van der Waals surface area contributed by atoms with Gasteiger partial charge in [0.25, 0.3) is 5.91 Å². The predicted octanol–water partition coefficient (Wildman–Crippen LogP) is 3.31. The third-order valence-electron chi connectivity index (χ3n) is 3.80. The molecule has 0 radical (unpaired) electrons. The summed E-state index contributed by atoms with van der Waals surface area (Å²) in [5.74, 6) is 1.45. The molecule has 116 valence electrons. The summed E-state index contributed by atoms with van der Waals surface area (Å²) in [5.41, 5.74) is 2.04. The third-order valence-corrected chi connectivity index (χ3v) is 5.12. The van der Waals surface area contributed by atoms with Gasteiger partial charge in [0.15, 0.2) is 0 Å². The van der Waals surface area contributed by atoms with Gasteiger partial charge in [0, 0.05) is 12.5 Å². The smallest absolute Gasteiger partial charge is 0.263 e. The van der Waals surface area contributed by atoms with Gasteiger partial charge in [-0.05, 0) is 43.9 Å². The highest BCUT2D eigenvalue weighted by atomic mass is 32.1. The van der Waals surface area contributed by atoms with Gasteiger partial charge in [-0.15, -0.1) is 11.3 Å². The van der Waals surface area contributed by atoms with Gasteiger partial charge >= 0.3 is 0 Å². The molecule has 1 saturated carbocycles. The number of amides is 1. The van der Waals surface area contributed by atoms with E-state index in [9.17, 15) is 4.79 Å². The lowest BCUT2D eigenvalue weighted by molar-refractivity contribution is 0.0957. The lowest BCUT2D eigenvalue weighted by Crippen LogP contribution is -2.25. The topological polar surface area (TPSA) is 51.2 Å². The number of rotatable bonds is 6. The zero-order valence-electron chi connectivity index (χ0n) is 12.9. The van der Waals surface area contributed by atoms with Crippen LogP contribution in [0.5, 0.6) is 5.75 Å². The molecule has 5 heteroatoms. The summed E-state index contributed by atoms with van der Waals surface area (Å²) in [6.07, 6.45) is 3.24. The molecule has 1 fully saturated rings. The molecule has 1 amide bonds. The Morgan fingerprint density at radius 1 is 1.36 bits per heavy atom. The second-order valence-electron chi connectivity index (χ2n) is 5.59. The standard InChI is InChI=1S/C17H20N2O2S/c1-11-15(22-17(19-11)13-5-6-13)16(20)18-10-9-12-3-7-14(21-2)8-4-12/h3-4,7-8,13H,5-6,9-10H2,1-2H3,(H,18,20). The first-order valence-corrected chi connectivity index (χ1v) is 8.37. The second-order valence-corrected chi connectivity index (χ2v) is 6.63. The zero-order chi connectivity index (χ0) is 15.5. The summed E-state index contributed by atoms with van der Waals surface area (Å²) < 4.78 is 5.13. The first kappa shape index (κ1) is 15.0. The highest BCUT2D eigenvalue weighted by Crippen LogP contribution is 2.42. The van der Waals surface area contributed by atoms with E-state index in [1.165, 1.54) is 18.4 Å². The second kappa shape index (κ2) is 6.48. The van der Waals surface area contributed by atoms with Crippen LogP contribution in [0.1, 0.15) is 44.7 Å². The summed E-state index contributed by atoms with van der Waals surface area (Å²) >= 11 is 1.55. The number of hydrogen-bond acceptors (Lipinski definition) is 4. The Labute approximate surface area is 134 Å². The lowest BCUT2D eigenvalue weighted by atomic mass is 10.1. The Kier molecular flexibility index (Phi) is 4.43. The maximum absolute atomic E-state index is 12.3. The molecule has 22 heavy (non-hydrogen) atoms. The van der Waals surface area contributed by atoms with Gasteiger partial charge in [0.2, 0.25) is 0 Å². The van der Waals surface area contributed by atoms with Crippen LogP contribution in [0.15, 0.2) is 24.3 Å². The van der Waals surface area contributed by atoms with Crippen molar-refractivity contribution in [1.29, 1.82) is 0 Å². The minimum absolute atomic E-state index is 0.00425. The van der Waals surface area contributed by atoms with E-state index < -0.39 is 0 Å². The average Bonchev–Trinajstić information content (AvgIpc) is 3.30. The van der Waals surface area contributed by atoms with Gasteiger partial charge in [0.1, 0.15) is 10.6 Å². The largest absolute Gasteiger partial charge is 0.497 e. The number of carbonyl (C=O) groups excluding carboxylic acids is 1. The van der Waals surface area contributed by atoms with E-state index in [0.29, 0.717) is 12.5 Å². The number of thiazole rings is 1. The molecule has 1 aliphatic carbocycles. The summed E-state index contributed by atoms with van der Waals surface area (Å²) in [5, 5.41) is 4.11. The van der Waals surface area contributed by atoms with Crippen molar-refractivity contribution in [1.82, 2.24) is 10.3 Å². The molecule has 0 spiro atoms. The number of aromatic nitrogens is 1. The fourth-order valence-electron chi connectivity index (χ4n) is 2.33. The SMILES string of the molecule is COc1ccc(CCNC(=O)c2sc(C3CC3)nc2C)cc1. The van der Waals surface area contributed by atoms with E-state index in [1.807, 2.05) is 31.2 Å². The molecule has 1 heterocycles. The molecule has 2 aromatic rings. The van der Waals surface area contributed by atoms with Crippen LogP contribution in [0.25, 0.3) is 0 Å². The van der Waals surface area contributed by atoms with Crippen LogP contribution in [0.2, 0.25) is 0 Å². The predicted molar refractivity (Wildman–Crippen MR) is 87.9 cm³/mol. The quantitative estimate of drug-likeness (QED) is 0.889.